The Morgan fingerprint density at radius 1 is 0.950 bits per heavy atom. The van der Waals surface area contributed by atoms with Gasteiger partial charge in [0.05, 0.1) is 17.9 Å². The molecule has 0 aromatic heterocycles. The van der Waals surface area contributed by atoms with Crippen LogP contribution in [-0.4, -0.2) is 25.1 Å². The number of nitrogens with two attached hydrogens (primary N) is 1. The van der Waals surface area contributed by atoms with E-state index >= 15 is 0 Å². The van der Waals surface area contributed by atoms with E-state index in [1.54, 1.807) is 17.0 Å². The summed E-state index contributed by atoms with van der Waals surface area (Å²) < 4.78 is 23.9. The summed E-state index contributed by atoms with van der Waals surface area (Å²) in [5.41, 5.74) is 6.48. The number of thiocarbonyl (C=S) groups is 1. The van der Waals surface area contributed by atoms with E-state index in [2.05, 4.69) is 54.8 Å². The van der Waals surface area contributed by atoms with Gasteiger partial charge < -0.3 is 10.2 Å². The number of primary sulfonamides is 1. The summed E-state index contributed by atoms with van der Waals surface area (Å²) in [5.74, 6) is -0.269. The van der Waals surface area contributed by atoms with Gasteiger partial charge in [-0.15, -0.1) is 0 Å². The van der Waals surface area contributed by atoms with Gasteiger partial charge in [-0.05, 0) is 69.9 Å². The second-order valence-electron chi connectivity index (χ2n) is 10.6. The average Bonchev–Trinajstić information content (AvgIpc) is 3.16. The fourth-order valence-corrected chi connectivity index (χ4v) is 5.49. The molecule has 0 radical (unpaired) electrons. The number of benzene rings is 4. The highest BCUT2D eigenvalue weighted by molar-refractivity contribution is 7.89. The van der Waals surface area contributed by atoms with Crippen LogP contribution in [0.4, 0.5) is 11.4 Å². The minimum absolute atomic E-state index is 0.0119. The van der Waals surface area contributed by atoms with E-state index in [0.717, 1.165) is 27.6 Å². The molecule has 204 valence electrons. The smallest absolute Gasteiger partial charge is 0.279 e. The maximum absolute atomic E-state index is 13.7. The van der Waals surface area contributed by atoms with E-state index in [-0.39, 0.29) is 32.7 Å². The molecule has 0 saturated carbocycles. The lowest BCUT2D eigenvalue weighted by Crippen LogP contribution is -2.32. The van der Waals surface area contributed by atoms with Crippen molar-refractivity contribution < 1.29 is 13.2 Å². The summed E-state index contributed by atoms with van der Waals surface area (Å²) in [6.45, 7) is 6.69. The third-order valence-corrected chi connectivity index (χ3v) is 7.88. The number of hydrazone groups is 1. The Hall–Kier alpha value is -4.12. The molecule has 4 N–H and O–H groups in total. The average molecular weight is 572 g/mol. The minimum atomic E-state index is -3.97. The molecule has 0 bridgehead atoms. The third kappa shape index (κ3) is 5.60. The van der Waals surface area contributed by atoms with Gasteiger partial charge in [-0.25, -0.2) is 13.6 Å². The van der Waals surface area contributed by atoms with Crippen LogP contribution in [0.3, 0.4) is 0 Å². The molecular formula is C30H29N5O3S2. The molecule has 0 atom stereocenters. The fourth-order valence-electron chi connectivity index (χ4n) is 4.64. The van der Waals surface area contributed by atoms with Crippen LogP contribution >= 0.6 is 12.2 Å². The molecular weight excluding hydrogens is 542 g/mol. The van der Waals surface area contributed by atoms with E-state index in [9.17, 15) is 13.2 Å². The van der Waals surface area contributed by atoms with Crippen molar-refractivity contribution in [1.82, 2.24) is 5.43 Å². The fraction of sp³-hybridized carbons (Fsp3) is 0.167. The van der Waals surface area contributed by atoms with Crippen molar-refractivity contribution in [1.29, 1.82) is 0 Å². The van der Waals surface area contributed by atoms with E-state index < -0.39 is 10.0 Å². The van der Waals surface area contributed by atoms with Crippen LogP contribution in [0.1, 0.15) is 37.5 Å². The van der Waals surface area contributed by atoms with Gasteiger partial charge in [0.15, 0.2) is 10.8 Å². The van der Waals surface area contributed by atoms with Gasteiger partial charge in [0.2, 0.25) is 10.0 Å². The number of rotatable bonds is 5. The Kier molecular flexibility index (Phi) is 7.17. The molecule has 8 nitrogen and oxygen atoms in total. The van der Waals surface area contributed by atoms with Crippen LogP contribution in [0.2, 0.25) is 0 Å². The van der Waals surface area contributed by atoms with E-state index in [1.807, 2.05) is 42.5 Å². The van der Waals surface area contributed by atoms with Crippen LogP contribution in [-0.2, 0) is 26.8 Å². The highest BCUT2D eigenvalue weighted by atomic mass is 32.2. The van der Waals surface area contributed by atoms with Crippen molar-refractivity contribution >= 4 is 61.1 Å². The van der Waals surface area contributed by atoms with E-state index in [1.165, 1.54) is 12.1 Å². The molecule has 40 heavy (non-hydrogen) atoms. The molecule has 10 heteroatoms. The molecule has 0 saturated heterocycles. The highest BCUT2D eigenvalue weighted by Crippen LogP contribution is 2.35. The Morgan fingerprint density at radius 3 is 2.38 bits per heavy atom. The second kappa shape index (κ2) is 10.5. The quantitative estimate of drug-likeness (QED) is 0.229. The Morgan fingerprint density at radius 2 is 1.65 bits per heavy atom. The first-order valence-electron chi connectivity index (χ1n) is 12.6. The standard InChI is InChI=1S/C30H29N5O3S2/c1-30(2,3)22-14-15-25-23(17-22)27(33-34-29(39)32-24-10-6-7-11-26(24)40(31,37)38)28(36)35(25)18-19-12-13-20-8-4-5-9-21(20)16-19/h4-17H,18H2,1-3H3,(H2,31,37,38)(H2,32,34,39). The first-order chi connectivity index (χ1) is 18.9. The Labute approximate surface area is 238 Å². The normalized spacial score (nSPS) is 14.4. The number of hydrogen-bond donors (Lipinski definition) is 3. The number of para-hydroxylation sites is 1. The largest absolute Gasteiger partial charge is 0.330 e. The van der Waals surface area contributed by atoms with Crippen molar-refractivity contribution in [3.05, 3.63) is 102 Å². The molecule has 1 heterocycles. The molecule has 5 rings (SSSR count). The van der Waals surface area contributed by atoms with E-state index in [0.29, 0.717) is 12.1 Å². The zero-order valence-electron chi connectivity index (χ0n) is 22.3. The SMILES string of the molecule is CC(C)(C)c1ccc2c(c1)C(=NNC(=S)Nc1ccccc1S(N)(=O)=O)C(=O)N2Cc1ccc2ccccc2c1. The number of fused-ring (bicyclic) bond motifs is 2. The summed E-state index contributed by atoms with van der Waals surface area (Å²) in [5, 5.41) is 14.8. The molecule has 0 aliphatic carbocycles. The van der Waals surface area contributed by atoms with Crippen molar-refractivity contribution in [3.8, 4) is 0 Å². The van der Waals surface area contributed by atoms with Gasteiger partial charge in [-0.3, -0.25) is 10.2 Å². The molecule has 0 unspecified atom stereocenters. The topological polar surface area (TPSA) is 117 Å². The van der Waals surface area contributed by atoms with E-state index in [4.69, 9.17) is 17.4 Å². The third-order valence-electron chi connectivity index (χ3n) is 6.72. The lowest BCUT2D eigenvalue weighted by Gasteiger charge is -2.21. The minimum Gasteiger partial charge on any atom is -0.330 e. The van der Waals surface area contributed by atoms with Crippen LogP contribution < -0.4 is 20.8 Å². The van der Waals surface area contributed by atoms with Crippen LogP contribution in [0, 0.1) is 0 Å². The van der Waals surface area contributed by atoms with Gasteiger partial charge in [-0.2, -0.15) is 5.10 Å². The molecule has 1 aliphatic rings. The summed E-state index contributed by atoms with van der Waals surface area (Å²) in [4.78, 5) is 15.3. The summed E-state index contributed by atoms with van der Waals surface area (Å²) in [7, 11) is -3.97. The number of nitrogens with one attached hydrogen (secondary N) is 2. The molecule has 1 aliphatic heterocycles. The number of anilines is 2. The maximum Gasteiger partial charge on any atom is 0.279 e. The van der Waals surface area contributed by atoms with Gasteiger partial charge >= 0.3 is 0 Å². The lowest BCUT2D eigenvalue weighted by molar-refractivity contribution is -0.112. The molecule has 4 aromatic rings. The summed E-state index contributed by atoms with van der Waals surface area (Å²) in [6, 6.07) is 26.4. The zero-order valence-corrected chi connectivity index (χ0v) is 23.9. The predicted molar refractivity (Wildman–Crippen MR) is 164 cm³/mol. The lowest BCUT2D eigenvalue weighted by atomic mass is 9.85. The Bertz CT molecular complexity index is 1790. The Balaban J connectivity index is 1.46. The van der Waals surface area contributed by atoms with Crippen LogP contribution in [0.5, 0.6) is 0 Å². The number of hydrogen-bond acceptors (Lipinski definition) is 5. The molecule has 4 aromatic carbocycles. The number of nitrogens with zero attached hydrogens (tertiary/aromatic N) is 2. The number of carbonyl (C=O) groups excluding carboxylic acids is 1. The monoisotopic (exact) mass is 571 g/mol. The summed E-state index contributed by atoms with van der Waals surface area (Å²) >= 11 is 5.36. The first-order valence-corrected chi connectivity index (χ1v) is 14.6. The molecule has 0 fully saturated rings. The van der Waals surface area contributed by atoms with Gasteiger partial charge in [0, 0.05) is 5.56 Å². The first kappa shape index (κ1) is 27.4. The molecule has 0 spiro atoms. The summed E-state index contributed by atoms with van der Waals surface area (Å²) in [6.07, 6.45) is 0. The van der Waals surface area contributed by atoms with Crippen molar-refractivity contribution in [2.45, 2.75) is 37.6 Å². The maximum atomic E-state index is 13.7. The van der Waals surface area contributed by atoms with Gasteiger partial charge in [-0.1, -0.05) is 75.4 Å². The van der Waals surface area contributed by atoms with Gasteiger partial charge in [0.1, 0.15) is 4.90 Å². The number of carbonyl (C=O) groups is 1. The van der Waals surface area contributed by atoms with Crippen molar-refractivity contribution in [2.75, 3.05) is 10.2 Å². The second-order valence-corrected chi connectivity index (χ2v) is 12.6. The van der Waals surface area contributed by atoms with Crippen molar-refractivity contribution in [3.63, 3.8) is 0 Å². The van der Waals surface area contributed by atoms with Crippen LogP contribution in [0.25, 0.3) is 10.8 Å². The number of amides is 1. The van der Waals surface area contributed by atoms with Gasteiger partial charge in [0.25, 0.3) is 5.91 Å². The predicted octanol–water partition coefficient (Wildman–Crippen LogP) is 5.02. The zero-order chi connectivity index (χ0) is 28.7. The molecule has 1 amide bonds. The highest BCUT2D eigenvalue weighted by Gasteiger charge is 2.35. The van der Waals surface area contributed by atoms with Crippen LogP contribution in [0.15, 0.2) is 94.9 Å². The van der Waals surface area contributed by atoms with Crippen molar-refractivity contribution in [2.24, 2.45) is 10.2 Å². The number of sulfonamides is 1.